The van der Waals surface area contributed by atoms with Gasteiger partial charge in [-0.2, -0.15) is 11.8 Å². The second-order valence-corrected chi connectivity index (χ2v) is 9.51. The molecule has 12 heteroatoms. The summed E-state index contributed by atoms with van der Waals surface area (Å²) in [7, 11) is 0. The van der Waals surface area contributed by atoms with E-state index in [2.05, 4.69) is 16.0 Å². The first-order valence-corrected chi connectivity index (χ1v) is 12.4. The first kappa shape index (κ1) is 30.7. The third-order valence-electron chi connectivity index (χ3n) is 5.12. The summed E-state index contributed by atoms with van der Waals surface area (Å²) in [6.45, 7) is 7.32. The SMILES string of the molecule is CCC(C)C(NC(=O)C(CC(C)C)NC(=O)C(N)CCSC)C(=O)NC(CC(N)=O)C(=O)O. The van der Waals surface area contributed by atoms with Crippen LogP contribution in [0.3, 0.4) is 0 Å². The van der Waals surface area contributed by atoms with Crippen molar-refractivity contribution < 1.29 is 29.1 Å². The molecule has 190 valence electrons. The molecule has 33 heavy (non-hydrogen) atoms. The molecule has 5 atom stereocenters. The zero-order valence-electron chi connectivity index (χ0n) is 20.1. The van der Waals surface area contributed by atoms with Gasteiger partial charge in [0, 0.05) is 0 Å². The molecule has 0 aromatic carbocycles. The quantitative estimate of drug-likeness (QED) is 0.168. The molecule has 0 aliphatic rings. The number of carboxylic acids is 1. The average molecular weight is 490 g/mol. The van der Waals surface area contributed by atoms with E-state index < -0.39 is 60.2 Å². The first-order chi connectivity index (χ1) is 15.3. The number of carbonyl (C=O) groups excluding carboxylic acids is 4. The summed E-state index contributed by atoms with van der Waals surface area (Å²) >= 11 is 1.56. The second kappa shape index (κ2) is 15.5. The number of primary amides is 1. The monoisotopic (exact) mass is 489 g/mol. The Balaban J connectivity index is 5.53. The molecule has 0 heterocycles. The standard InChI is InChI=1S/C21H39N5O6S/c1-6-12(4)17(20(30)25-15(21(31)32)10-16(23)27)26-19(29)14(9-11(2)3)24-18(28)13(22)7-8-33-5/h11-15,17H,6-10,22H2,1-5H3,(H2,23,27)(H,24,28)(H,25,30)(H,26,29)(H,31,32). The Kier molecular flexibility index (Phi) is 14.4. The van der Waals surface area contributed by atoms with E-state index >= 15 is 0 Å². The summed E-state index contributed by atoms with van der Waals surface area (Å²) in [5, 5.41) is 16.8. The van der Waals surface area contributed by atoms with Gasteiger partial charge >= 0.3 is 5.97 Å². The number of hydrogen-bond acceptors (Lipinski definition) is 7. The molecule has 0 aromatic rings. The molecule has 11 nitrogen and oxygen atoms in total. The number of nitrogens with two attached hydrogens (primary N) is 2. The van der Waals surface area contributed by atoms with Crippen LogP contribution in [0.4, 0.5) is 0 Å². The summed E-state index contributed by atoms with van der Waals surface area (Å²) in [6.07, 6.45) is 2.60. The van der Waals surface area contributed by atoms with E-state index in [1.807, 2.05) is 27.0 Å². The number of rotatable bonds is 16. The van der Waals surface area contributed by atoms with Crippen molar-refractivity contribution in [2.75, 3.05) is 12.0 Å². The fourth-order valence-corrected chi connectivity index (χ4v) is 3.47. The number of nitrogens with one attached hydrogen (secondary N) is 3. The molecule has 5 unspecified atom stereocenters. The van der Waals surface area contributed by atoms with Gasteiger partial charge in [-0.25, -0.2) is 4.79 Å². The van der Waals surface area contributed by atoms with Crippen LogP contribution in [0.25, 0.3) is 0 Å². The maximum Gasteiger partial charge on any atom is 0.326 e. The third kappa shape index (κ3) is 11.9. The van der Waals surface area contributed by atoms with Crippen molar-refractivity contribution in [3.05, 3.63) is 0 Å². The van der Waals surface area contributed by atoms with Crippen molar-refractivity contribution in [3.63, 3.8) is 0 Å². The molecule has 0 spiro atoms. The van der Waals surface area contributed by atoms with Gasteiger partial charge in [0.25, 0.3) is 0 Å². The molecule has 8 N–H and O–H groups in total. The van der Waals surface area contributed by atoms with Crippen LogP contribution in [0.5, 0.6) is 0 Å². The number of carbonyl (C=O) groups is 5. The van der Waals surface area contributed by atoms with Gasteiger partial charge < -0.3 is 32.5 Å². The summed E-state index contributed by atoms with van der Waals surface area (Å²) in [5.41, 5.74) is 11.0. The smallest absolute Gasteiger partial charge is 0.326 e. The van der Waals surface area contributed by atoms with Crippen molar-refractivity contribution in [1.29, 1.82) is 0 Å². The average Bonchev–Trinajstić information content (AvgIpc) is 2.72. The number of amides is 4. The van der Waals surface area contributed by atoms with E-state index in [-0.39, 0.29) is 11.8 Å². The van der Waals surface area contributed by atoms with Crippen LogP contribution in [0.2, 0.25) is 0 Å². The minimum absolute atomic E-state index is 0.0614. The first-order valence-electron chi connectivity index (χ1n) is 11.0. The van der Waals surface area contributed by atoms with Gasteiger partial charge in [0.1, 0.15) is 18.1 Å². The maximum atomic E-state index is 13.0. The van der Waals surface area contributed by atoms with Crippen molar-refractivity contribution in [2.45, 2.75) is 77.5 Å². The van der Waals surface area contributed by atoms with E-state index in [0.29, 0.717) is 25.0 Å². The highest BCUT2D eigenvalue weighted by Gasteiger charge is 2.33. The summed E-state index contributed by atoms with van der Waals surface area (Å²) in [6, 6.07) is -4.27. The molecule has 0 fully saturated rings. The fraction of sp³-hybridized carbons (Fsp3) is 0.762. The Morgan fingerprint density at radius 1 is 0.939 bits per heavy atom. The zero-order chi connectivity index (χ0) is 25.7. The number of carboxylic acid groups (broad SMARTS) is 1. The molecule has 0 saturated heterocycles. The van der Waals surface area contributed by atoms with Crippen LogP contribution < -0.4 is 27.4 Å². The lowest BCUT2D eigenvalue weighted by molar-refractivity contribution is -0.144. The highest BCUT2D eigenvalue weighted by Crippen LogP contribution is 2.12. The molecule has 0 aliphatic carbocycles. The van der Waals surface area contributed by atoms with Crippen LogP contribution in [0.1, 0.15) is 53.4 Å². The molecular formula is C21H39N5O6S. The molecule has 4 amide bonds. The molecule has 0 radical (unpaired) electrons. The van der Waals surface area contributed by atoms with Crippen molar-refractivity contribution >= 4 is 41.4 Å². The number of aliphatic carboxylic acids is 1. The van der Waals surface area contributed by atoms with Crippen molar-refractivity contribution in [3.8, 4) is 0 Å². The second-order valence-electron chi connectivity index (χ2n) is 8.52. The molecule has 0 saturated carbocycles. The summed E-state index contributed by atoms with van der Waals surface area (Å²) < 4.78 is 0. The van der Waals surface area contributed by atoms with Gasteiger partial charge in [-0.1, -0.05) is 34.1 Å². The van der Waals surface area contributed by atoms with E-state index in [9.17, 15) is 29.1 Å². The van der Waals surface area contributed by atoms with Crippen LogP contribution in [0, 0.1) is 11.8 Å². The van der Waals surface area contributed by atoms with Gasteiger partial charge in [0.2, 0.25) is 23.6 Å². The Labute approximate surface area is 199 Å². The lowest BCUT2D eigenvalue weighted by Crippen LogP contribution is -2.59. The van der Waals surface area contributed by atoms with Crippen molar-refractivity contribution in [2.24, 2.45) is 23.3 Å². The van der Waals surface area contributed by atoms with Gasteiger partial charge in [0.05, 0.1) is 12.5 Å². The molecule has 0 aliphatic heterocycles. The van der Waals surface area contributed by atoms with Gasteiger partial charge in [0.15, 0.2) is 0 Å². The number of thioether (sulfide) groups is 1. The van der Waals surface area contributed by atoms with Crippen LogP contribution >= 0.6 is 11.8 Å². The Morgan fingerprint density at radius 3 is 1.97 bits per heavy atom. The Morgan fingerprint density at radius 2 is 1.52 bits per heavy atom. The number of hydrogen-bond donors (Lipinski definition) is 6. The lowest BCUT2D eigenvalue weighted by atomic mass is 9.96. The predicted octanol–water partition coefficient (Wildman–Crippen LogP) is -0.427. The molecular weight excluding hydrogens is 450 g/mol. The third-order valence-corrected chi connectivity index (χ3v) is 5.77. The Hall–Kier alpha value is -2.34. The van der Waals surface area contributed by atoms with E-state index in [1.54, 1.807) is 18.7 Å². The molecule has 0 rings (SSSR count). The highest BCUT2D eigenvalue weighted by molar-refractivity contribution is 7.98. The molecule has 0 aromatic heterocycles. The topological polar surface area (TPSA) is 194 Å². The van der Waals surface area contributed by atoms with Gasteiger partial charge in [-0.3, -0.25) is 19.2 Å². The Bertz CT molecular complexity index is 690. The van der Waals surface area contributed by atoms with Crippen molar-refractivity contribution in [1.82, 2.24) is 16.0 Å². The summed E-state index contributed by atoms with van der Waals surface area (Å²) in [4.78, 5) is 60.8. The van der Waals surface area contributed by atoms with E-state index in [0.717, 1.165) is 0 Å². The minimum Gasteiger partial charge on any atom is -0.480 e. The fourth-order valence-electron chi connectivity index (χ4n) is 2.98. The normalized spacial score (nSPS) is 15.6. The lowest BCUT2D eigenvalue weighted by Gasteiger charge is -2.28. The van der Waals surface area contributed by atoms with Crippen LogP contribution in [-0.2, 0) is 24.0 Å². The maximum absolute atomic E-state index is 13.0. The predicted molar refractivity (Wildman–Crippen MR) is 127 cm³/mol. The zero-order valence-corrected chi connectivity index (χ0v) is 20.9. The van der Waals surface area contributed by atoms with Gasteiger partial charge in [-0.15, -0.1) is 0 Å². The minimum atomic E-state index is -1.51. The van der Waals surface area contributed by atoms with E-state index in [1.165, 1.54) is 0 Å². The molecule has 0 bridgehead atoms. The van der Waals surface area contributed by atoms with Gasteiger partial charge in [-0.05, 0) is 36.7 Å². The highest BCUT2D eigenvalue weighted by atomic mass is 32.2. The van der Waals surface area contributed by atoms with Crippen LogP contribution in [-0.4, -0.2) is 70.9 Å². The van der Waals surface area contributed by atoms with Crippen LogP contribution in [0.15, 0.2) is 0 Å². The van der Waals surface area contributed by atoms with E-state index in [4.69, 9.17) is 11.5 Å². The summed E-state index contributed by atoms with van der Waals surface area (Å²) in [5.74, 6) is -3.68. The largest absolute Gasteiger partial charge is 0.480 e.